The van der Waals surface area contributed by atoms with Crippen molar-refractivity contribution in [2.24, 2.45) is 0 Å². The summed E-state index contributed by atoms with van der Waals surface area (Å²) >= 11 is 0. The molecule has 0 fully saturated rings. The maximum Gasteiger partial charge on any atom is 0.240 e. The fourth-order valence-corrected chi connectivity index (χ4v) is 5.18. The fraction of sp³-hybridized carbons (Fsp3) is 0.455. The fourth-order valence-electron chi connectivity index (χ4n) is 4.06. The van der Waals surface area contributed by atoms with Crippen LogP contribution < -0.4 is 18.9 Å². The molecule has 4 rings (SSSR count). The minimum Gasteiger partial charge on any atom is -0.493 e. The number of benzene rings is 2. The molecule has 8 heteroatoms. The van der Waals surface area contributed by atoms with Gasteiger partial charge in [-0.3, -0.25) is 4.90 Å². The van der Waals surface area contributed by atoms with E-state index in [0.717, 1.165) is 61.7 Å². The Balaban J connectivity index is 1.30. The van der Waals surface area contributed by atoms with Crippen LogP contribution >= 0.6 is 0 Å². The summed E-state index contributed by atoms with van der Waals surface area (Å²) in [6, 6.07) is 9.16. The number of hydrogen-bond acceptors (Lipinski definition) is 6. The van der Waals surface area contributed by atoms with Crippen LogP contribution in [0.1, 0.15) is 23.1 Å². The lowest BCUT2D eigenvalue weighted by Crippen LogP contribution is -2.33. The minimum absolute atomic E-state index is 0.305. The summed E-state index contributed by atoms with van der Waals surface area (Å²) in [4.78, 5) is 2.65. The number of ether oxygens (including phenoxy) is 3. The molecule has 30 heavy (non-hydrogen) atoms. The van der Waals surface area contributed by atoms with Crippen LogP contribution in [0.15, 0.2) is 35.2 Å². The van der Waals surface area contributed by atoms with Crippen LogP contribution in [0.5, 0.6) is 17.2 Å². The highest BCUT2D eigenvalue weighted by atomic mass is 32.2. The molecule has 2 aromatic rings. The van der Waals surface area contributed by atoms with Crippen molar-refractivity contribution in [1.82, 2.24) is 9.62 Å². The highest BCUT2D eigenvalue weighted by Gasteiger charge is 2.21. The highest BCUT2D eigenvalue weighted by Crippen LogP contribution is 2.33. The zero-order valence-corrected chi connectivity index (χ0v) is 18.3. The first-order valence-electron chi connectivity index (χ1n) is 10.2. The molecular weight excluding hydrogens is 404 g/mol. The molecule has 0 saturated carbocycles. The molecule has 0 spiro atoms. The topological polar surface area (TPSA) is 77.1 Å². The summed E-state index contributed by atoms with van der Waals surface area (Å²) in [5, 5.41) is 0. The molecule has 2 aliphatic heterocycles. The molecule has 0 amide bonds. The van der Waals surface area contributed by atoms with Gasteiger partial charge >= 0.3 is 0 Å². The van der Waals surface area contributed by atoms with Gasteiger partial charge in [0.15, 0.2) is 11.5 Å². The monoisotopic (exact) mass is 432 g/mol. The van der Waals surface area contributed by atoms with E-state index in [1.165, 1.54) is 11.1 Å². The Morgan fingerprint density at radius 3 is 2.57 bits per heavy atom. The maximum absolute atomic E-state index is 12.6. The molecule has 0 aromatic heterocycles. The van der Waals surface area contributed by atoms with Gasteiger partial charge in [0, 0.05) is 26.1 Å². The Bertz CT molecular complexity index is 1020. The molecule has 2 aliphatic rings. The summed E-state index contributed by atoms with van der Waals surface area (Å²) < 4.78 is 44.2. The number of methoxy groups -OCH3 is 2. The van der Waals surface area contributed by atoms with E-state index in [4.69, 9.17) is 14.2 Å². The van der Waals surface area contributed by atoms with E-state index in [-0.39, 0.29) is 0 Å². The van der Waals surface area contributed by atoms with Crippen LogP contribution in [-0.4, -0.2) is 53.8 Å². The molecule has 1 N–H and O–H groups in total. The van der Waals surface area contributed by atoms with Crippen LogP contribution in [0.4, 0.5) is 0 Å². The van der Waals surface area contributed by atoms with Crippen molar-refractivity contribution in [3.63, 3.8) is 0 Å². The molecule has 0 saturated heterocycles. The Kier molecular flexibility index (Phi) is 6.17. The maximum atomic E-state index is 12.6. The average molecular weight is 433 g/mol. The molecule has 2 aromatic carbocycles. The number of fused-ring (bicyclic) bond motifs is 2. The van der Waals surface area contributed by atoms with Crippen LogP contribution in [0, 0.1) is 0 Å². The summed E-state index contributed by atoms with van der Waals surface area (Å²) in [5.41, 5.74) is 3.47. The first-order chi connectivity index (χ1) is 14.5. The van der Waals surface area contributed by atoms with Crippen LogP contribution in [0.25, 0.3) is 0 Å². The second kappa shape index (κ2) is 8.83. The van der Waals surface area contributed by atoms with E-state index in [9.17, 15) is 8.42 Å². The van der Waals surface area contributed by atoms with Crippen LogP contribution in [0.3, 0.4) is 0 Å². The Hall–Kier alpha value is -2.29. The Labute approximate surface area is 178 Å². The van der Waals surface area contributed by atoms with E-state index in [1.54, 1.807) is 32.4 Å². The van der Waals surface area contributed by atoms with Gasteiger partial charge in [-0.15, -0.1) is 0 Å². The smallest absolute Gasteiger partial charge is 0.240 e. The van der Waals surface area contributed by atoms with Crippen LogP contribution in [0.2, 0.25) is 0 Å². The number of nitrogens with one attached hydrogen (secondary N) is 1. The van der Waals surface area contributed by atoms with Crippen molar-refractivity contribution in [2.75, 3.05) is 40.5 Å². The van der Waals surface area contributed by atoms with Gasteiger partial charge in [-0.05, 0) is 66.4 Å². The standard InChI is InChI=1S/C22H28N2O5S/c1-27-21-13-16-6-10-24(15-18(16)14-22(21)28-2)9-3-8-23-30(25,26)19-4-5-20-17(12-19)7-11-29-20/h4-5,12-14,23H,3,6-11,15H2,1-2H3. The van der Waals surface area contributed by atoms with Gasteiger partial charge in [-0.1, -0.05) is 0 Å². The zero-order chi connectivity index (χ0) is 21.1. The molecule has 0 radical (unpaired) electrons. The molecule has 0 atom stereocenters. The van der Waals surface area contributed by atoms with Crippen molar-refractivity contribution in [1.29, 1.82) is 0 Å². The molecule has 7 nitrogen and oxygen atoms in total. The highest BCUT2D eigenvalue weighted by molar-refractivity contribution is 7.89. The third-order valence-corrected chi connectivity index (χ3v) is 7.17. The predicted octanol–water partition coefficient (Wildman–Crippen LogP) is 2.37. The van der Waals surface area contributed by atoms with Crippen molar-refractivity contribution in [3.05, 3.63) is 47.0 Å². The van der Waals surface area contributed by atoms with E-state index < -0.39 is 10.0 Å². The van der Waals surface area contributed by atoms with Crippen molar-refractivity contribution in [3.8, 4) is 17.2 Å². The van der Waals surface area contributed by atoms with Gasteiger partial charge in [0.25, 0.3) is 0 Å². The Morgan fingerprint density at radius 1 is 1.03 bits per heavy atom. The van der Waals surface area contributed by atoms with Crippen molar-refractivity contribution in [2.45, 2.75) is 30.7 Å². The predicted molar refractivity (Wildman–Crippen MR) is 114 cm³/mol. The second-order valence-corrected chi connectivity index (χ2v) is 9.39. The average Bonchev–Trinajstić information content (AvgIpc) is 3.23. The lowest BCUT2D eigenvalue weighted by atomic mass is 9.98. The molecule has 0 aliphatic carbocycles. The quantitative estimate of drug-likeness (QED) is 0.646. The number of hydrogen-bond donors (Lipinski definition) is 1. The van der Waals surface area contributed by atoms with Gasteiger partial charge < -0.3 is 14.2 Å². The molecule has 2 heterocycles. The zero-order valence-electron chi connectivity index (χ0n) is 17.4. The summed E-state index contributed by atoms with van der Waals surface area (Å²) in [5.74, 6) is 2.29. The molecule has 0 unspecified atom stereocenters. The first-order valence-corrected chi connectivity index (χ1v) is 11.7. The van der Waals surface area contributed by atoms with E-state index in [2.05, 4.69) is 15.7 Å². The van der Waals surface area contributed by atoms with Crippen molar-refractivity contribution < 1.29 is 22.6 Å². The summed E-state index contributed by atoms with van der Waals surface area (Å²) in [7, 11) is -0.211. The molecular formula is C22H28N2O5S. The summed E-state index contributed by atoms with van der Waals surface area (Å²) in [6.07, 6.45) is 2.44. The lowest BCUT2D eigenvalue weighted by molar-refractivity contribution is 0.250. The van der Waals surface area contributed by atoms with Crippen LogP contribution in [-0.2, 0) is 29.4 Å². The minimum atomic E-state index is -3.50. The van der Waals surface area contributed by atoms with E-state index >= 15 is 0 Å². The normalized spacial score (nSPS) is 15.9. The number of sulfonamides is 1. The first kappa shape index (κ1) is 21.0. The summed E-state index contributed by atoms with van der Waals surface area (Å²) in [6.45, 7) is 3.62. The molecule has 162 valence electrons. The van der Waals surface area contributed by atoms with E-state index in [0.29, 0.717) is 18.0 Å². The third kappa shape index (κ3) is 4.40. The third-order valence-electron chi connectivity index (χ3n) is 5.71. The molecule has 0 bridgehead atoms. The Morgan fingerprint density at radius 2 is 1.80 bits per heavy atom. The van der Waals surface area contributed by atoms with Gasteiger partial charge in [0.1, 0.15) is 5.75 Å². The lowest BCUT2D eigenvalue weighted by Gasteiger charge is -2.29. The largest absolute Gasteiger partial charge is 0.493 e. The SMILES string of the molecule is COc1cc2c(cc1OC)CN(CCCNS(=O)(=O)c1ccc3c(c1)CCO3)CC2. The second-order valence-electron chi connectivity index (χ2n) is 7.62. The van der Waals surface area contributed by atoms with Gasteiger partial charge in [0.05, 0.1) is 25.7 Å². The van der Waals surface area contributed by atoms with E-state index in [1.807, 2.05) is 6.07 Å². The van der Waals surface area contributed by atoms with Gasteiger partial charge in [-0.25, -0.2) is 13.1 Å². The number of nitrogens with zero attached hydrogens (tertiary/aromatic N) is 1. The van der Waals surface area contributed by atoms with Gasteiger partial charge in [-0.2, -0.15) is 0 Å². The van der Waals surface area contributed by atoms with Crippen molar-refractivity contribution >= 4 is 10.0 Å². The van der Waals surface area contributed by atoms with Gasteiger partial charge in [0.2, 0.25) is 10.0 Å². The number of rotatable bonds is 8.